The van der Waals surface area contributed by atoms with E-state index in [4.69, 9.17) is 5.11 Å². The molecule has 16 heavy (non-hydrogen) atoms. The quantitative estimate of drug-likeness (QED) is 0.756. The summed E-state index contributed by atoms with van der Waals surface area (Å²) in [5.74, 6) is -0.180. The lowest BCUT2D eigenvalue weighted by Gasteiger charge is -1.93. The van der Waals surface area contributed by atoms with Crippen LogP contribution in [0.5, 0.6) is 0 Å². The lowest BCUT2D eigenvalue weighted by molar-refractivity contribution is -0.115. The van der Waals surface area contributed by atoms with Crippen LogP contribution >= 0.6 is 11.8 Å². The summed E-state index contributed by atoms with van der Waals surface area (Å²) in [6, 6.07) is 9.58. The molecule has 1 fully saturated rings. The van der Waals surface area contributed by atoms with Gasteiger partial charge in [0, 0.05) is 0 Å². The number of hydrogen-bond acceptors (Lipinski definition) is 4. The van der Waals surface area contributed by atoms with Crippen LogP contribution in [0.25, 0.3) is 6.08 Å². The molecule has 0 bridgehead atoms. The Balaban J connectivity index is 2.20. The third-order valence-electron chi connectivity index (χ3n) is 1.96. The number of aliphatic hydroxyl groups excluding tert-OH is 1. The molecule has 1 heterocycles. The van der Waals surface area contributed by atoms with Gasteiger partial charge in [-0.15, -0.1) is 0 Å². The molecule has 0 radical (unpaired) electrons. The average Bonchev–Trinajstić information content (AvgIpc) is 2.61. The fourth-order valence-corrected chi connectivity index (χ4v) is 2.08. The third-order valence-corrected chi connectivity index (χ3v) is 2.91. The van der Waals surface area contributed by atoms with Crippen LogP contribution in [-0.4, -0.2) is 22.9 Å². The van der Waals surface area contributed by atoms with Gasteiger partial charge in [0.25, 0.3) is 5.91 Å². The predicted octanol–water partition coefficient (Wildman–Crippen LogP) is 1.20. The predicted molar refractivity (Wildman–Crippen MR) is 64.7 cm³/mol. The van der Waals surface area contributed by atoms with Gasteiger partial charge in [0.05, 0.1) is 4.91 Å². The first-order valence-electron chi connectivity index (χ1n) is 4.71. The van der Waals surface area contributed by atoms with Crippen LogP contribution in [0.2, 0.25) is 0 Å². The molecule has 0 aliphatic carbocycles. The van der Waals surface area contributed by atoms with Crippen molar-refractivity contribution in [1.82, 2.24) is 5.32 Å². The molecule has 2 rings (SSSR count). The summed E-state index contributed by atoms with van der Waals surface area (Å²) in [5.41, 5.74) is 0.963. The molecule has 1 aromatic rings. The van der Waals surface area contributed by atoms with E-state index in [-0.39, 0.29) is 12.6 Å². The SMILES string of the molecule is O=C1N/C(=N\CO)SC1=Cc1ccccc1. The number of carbonyl (C=O) groups excluding carboxylic acids is 1. The van der Waals surface area contributed by atoms with Gasteiger partial charge in [-0.1, -0.05) is 30.3 Å². The van der Waals surface area contributed by atoms with Crippen molar-refractivity contribution in [1.29, 1.82) is 0 Å². The second-order valence-corrected chi connectivity index (χ2v) is 4.11. The van der Waals surface area contributed by atoms with Gasteiger partial charge in [-0.2, -0.15) is 0 Å². The highest BCUT2D eigenvalue weighted by atomic mass is 32.2. The maximum absolute atomic E-state index is 11.5. The molecule has 82 valence electrons. The molecular formula is C11H10N2O2S. The lowest BCUT2D eigenvalue weighted by atomic mass is 10.2. The summed E-state index contributed by atoms with van der Waals surface area (Å²) < 4.78 is 0. The van der Waals surface area contributed by atoms with Crippen molar-refractivity contribution in [3.05, 3.63) is 40.8 Å². The Labute approximate surface area is 97.1 Å². The summed E-state index contributed by atoms with van der Waals surface area (Å²) >= 11 is 1.23. The Morgan fingerprint density at radius 3 is 2.81 bits per heavy atom. The molecule has 1 aromatic carbocycles. The largest absolute Gasteiger partial charge is 0.374 e. The Hall–Kier alpha value is -1.59. The van der Waals surface area contributed by atoms with Crippen molar-refractivity contribution >= 4 is 28.9 Å². The fraction of sp³-hybridized carbons (Fsp3) is 0.0909. The van der Waals surface area contributed by atoms with Crippen LogP contribution in [-0.2, 0) is 4.79 Å². The minimum Gasteiger partial charge on any atom is -0.374 e. The molecule has 1 saturated heterocycles. The van der Waals surface area contributed by atoms with E-state index in [0.29, 0.717) is 10.1 Å². The van der Waals surface area contributed by atoms with Crippen LogP contribution in [0.1, 0.15) is 5.56 Å². The first-order valence-corrected chi connectivity index (χ1v) is 5.52. The van der Waals surface area contributed by atoms with Crippen LogP contribution < -0.4 is 5.32 Å². The number of aliphatic hydroxyl groups is 1. The van der Waals surface area contributed by atoms with Gasteiger partial charge in [-0.25, -0.2) is 4.99 Å². The van der Waals surface area contributed by atoms with Crippen LogP contribution in [0.4, 0.5) is 0 Å². The summed E-state index contributed by atoms with van der Waals surface area (Å²) in [7, 11) is 0. The van der Waals surface area contributed by atoms with Crippen molar-refractivity contribution in [2.24, 2.45) is 4.99 Å². The first-order chi connectivity index (χ1) is 7.79. The smallest absolute Gasteiger partial charge is 0.264 e. The Bertz CT molecular complexity index is 454. The van der Waals surface area contributed by atoms with Gasteiger partial charge in [-0.3, -0.25) is 4.79 Å². The molecule has 0 spiro atoms. The second-order valence-electron chi connectivity index (χ2n) is 3.08. The molecule has 5 heteroatoms. The zero-order valence-corrected chi connectivity index (χ0v) is 9.20. The molecule has 2 N–H and O–H groups in total. The third kappa shape index (κ3) is 2.50. The van der Waals surface area contributed by atoms with Crippen LogP contribution in [0.3, 0.4) is 0 Å². The Kier molecular flexibility index (Phi) is 3.38. The highest BCUT2D eigenvalue weighted by Crippen LogP contribution is 2.25. The molecule has 0 aromatic heterocycles. The van der Waals surface area contributed by atoms with E-state index in [2.05, 4.69) is 10.3 Å². The van der Waals surface area contributed by atoms with Gasteiger partial charge in [0.1, 0.15) is 6.73 Å². The topological polar surface area (TPSA) is 61.7 Å². The van der Waals surface area contributed by atoms with Gasteiger partial charge in [-0.05, 0) is 23.4 Å². The van der Waals surface area contributed by atoms with Crippen molar-refractivity contribution in [2.75, 3.05) is 6.73 Å². The average molecular weight is 234 g/mol. The standard InChI is InChI=1S/C11H10N2O2S/c14-7-12-11-13-10(15)9(16-11)6-8-4-2-1-3-5-8/h1-6,14H,7H2,(H,12,13,15). The van der Waals surface area contributed by atoms with Crippen LogP contribution in [0, 0.1) is 0 Å². The zero-order valence-electron chi connectivity index (χ0n) is 8.38. The number of aliphatic imine (C=N–C) groups is 1. The molecule has 0 unspecified atom stereocenters. The maximum atomic E-state index is 11.5. The Morgan fingerprint density at radius 1 is 1.38 bits per heavy atom. The van der Waals surface area contributed by atoms with Gasteiger partial charge in [0.15, 0.2) is 5.17 Å². The van der Waals surface area contributed by atoms with Crippen molar-refractivity contribution in [3.63, 3.8) is 0 Å². The molecule has 0 atom stereocenters. The number of thioether (sulfide) groups is 1. The normalized spacial score (nSPS) is 20.4. The number of nitrogens with zero attached hydrogens (tertiary/aromatic N) is 1. The number of benzene rings is 1. The second kappa shape index (κ2) is 4.96. The minimum atomic E-state index is -0.318. The highest BCUT2D eigenvalue weighted by molar-refractivity contribution is 8.18. The number of rotatable bonds is 2. The van der Waals surface area contributed by atoms with E-state index in [1.54, 1.807) is 6.08 Å². The minimum absolute atomic E-state index is 0.180. The molecule has 0 saturated carbocycles. The molecule has 4 nitrogen and oxygen atoms in total. The van der Waals surface area contributed by atoms with E-state index >= 15 is 0 Å². The Morgan fingerprint density at radius 2 is 2.12 bits per heavy atom. The summed E-state index contributed by atoms with van der Waals surface area (Å²) in [6.07, 6.45) is 1.79. The number of amidine groups is 1. The van der Waals surface area contributed by atoms with Crippen molar-refractivity contribution in [3.8, 4) is 0 Å². The van der Waals surface area contributed by atoms with E-state index in [9.17, 15) is 4.79 Å². The summed E-state index contributed by atoms with van der Waals surface area (Å²) in [4.78, 5) is 15.8. The van der Waals surface area contributed by atoms with Crippen molar-refractivity contribution in [2.45, 2.75) is 0 Å². The monoisotopic (exact) mass is 234 g/mol. The van der Waals surface area contributed by atoms with Gasteiger partial charge in [0.2, 0.25) is 0 Å². The number of nitrogens with one attached hydrogen (secondary N) is 1. The van der Waals surface area contributed by atoms with E-state index in [0.717, 1.165) is 5.56 Å². The van der Waals surface area contributed by atoms with Gasteiger partial charge >= 0.3 is 0 Å². The molecule has 1 amide bonds. The maximum Gasteiger partial charge on any atom is 0.264 e. The molecule has 1 aliphatic heterocycles. The molecule has 1 aliphatic rings. The van der Waals surface area contributed by atoms with Gasteiger partial charge < -0.3 is 10.4 Å². The highest BCUT2D eigenvalue weighted by Gasteiger charge is 2.23. The van der Waals surface area contributed by atoms with E-state index < -0.39 is 0 Å². The molecular weight excluding hydrogens is 224 g/mol. The van der Waals surface area contributed by atoms with E-state index in [1.807, 2.05) is 30.3 Å². The van der Waals surface area contributed by atoms with Crippen LogP contribution in [0.15, 0.2) is 40.2 Å². The lowest BCUT2D eigenvalue weighted by Crippen LogP contribution is -2.19. The first kappa shape index (κ1) is 10.9. The fourth-order valence-electron chi connectivity index (χ4n) is 1.27. The zero-order chi connectivity index (χ0) is 11.4. The summed E-state index contributed by atoms with van der Waals surface area (Å²) in [6.45, 7) is -0.318. The van der Waals surface area contributed by atoms with Crippen molar-refractivity contribution < 1.29 is 9.90 Å². The number of carbonyl (C=O) groups is 1. The number of amides is 1. The van der Waals surface area contributed by atoms with E-state index in [1.165, 1.54) is 11.8 Å². The number of hydrogen-bond donors (Lipinski definition) is 2. The summed E-state index contributed by atoms with van der Waals surface area (Å²) in [5, 5.41) is 11.6.